The third-order valence-corrected chi connectivity index (χ3v) is 8.35. The second-order valence-corrected chi connectivity index (χ2v) is 11.9. The van der Waals surface area contributed by atoms with Crippen LogP contribution in [0.4, 0.5) is 47.8 Å². The van der Waals surface area contributed by atoms with E-state index in [9.17, 15) is 45.1 Å². The van der Waals surface area contributed by atoms with E-state index in [-0.39, 0.29) is 26.3 Å². The minimum Gasteiger partial charge on any atom is -0.326 e. The van der Waals surface area contributed by atoms with Gasteiger partial charge in [0.15, 0.2) is 5.82 Å². The smallest absolute Gasteiger partial charge is 0.326 e. The normalized spacial score (nSPS) is 17.5. The Hall–Kier alpha value is -2.97. The molecule has 0 aliphatic heterocycles. The minimum absolute atomic E-state index is 0.00427. The third kappa shape index (κ3) is 6.52. The van der Waals surface area contributed by atoms with Crippen molar-refractivity contribution in [2.75, 3.05) is 16.0 Å². The van der Waals surface area contributed by atoms with Crippen molar-refractivity contribution in [1.29, 1.82) is 0 Å². The summed E-state index contributed by atoms with van der Waals surface area (Å²) in [6, 6.07) is 9.12. The first-order chi connectivity index (χ1) is 20.3. The molecule has 3 amide bonds. The molecule has 0 heterocycles. The first kappa shape index (κ1) is 33.9. The number of carbonyl (C=O) groups excluding carboxylic acids is 3. The van der Waals surface area contributed by atoms with Gasteiger partial charge in [0.2, 0.25) is 5.91 Å². The lowest BCUT2D eigenvalue weighted by Crippen LogP contribution is -2.47. The van der Waals surface area contributed by atoms with Crippen LogP contribution in [0.5, 0.6) is 0 Å². The van der Waals surface area contributed by atoms with E-state index in [4.69, 9.17) is 58.0 Å². The van der Waals surface area contributed by atoms with Crippen molar-refractivity contribution in [2.24, 2.45) is 5.92 Å². The number of nitrogens with one attached hydrogen (secondary N) is 3. The molecule has 0 saturated heterocycles. The topological polar surface area (TPSA) is 87.3 Å². The second kappa shape index (κ2) is 12.1. The summed E-state index contributed by atoms with van der Waals surface area (Å²) in [4.78, 5) is 37.3. The molecule has 1 unspecified atom stereocenters. The van der Waals surface area contributed by atoms with E-state index >= 15 is 0 Å². The maximum absolute atomic E-state index is 14.9. The standard InChI is InChI=1S/C26H13Cl5F7N3O3/c27-12-4-2-10(39-22(43)18-17(24(18,30)31)9-1-3-13(28)14(29)7-9)8-11(12)21(42)40-16-6-5-15(32)20(19(16)33)41-23(44)25(34,35)26(36,37)38/h1-8,17-18H,(H,39,43)(H,40,42)(H,41,44)/t17-,18?/m0/s1. The van der Waals surface area contributed by atoms with Crippen LogP contribution < -0.4 is 16.0 Å². The Labute approximate surface area is 267 Å². The van der Waals surface area contributed by atoms with Gasteiger partial charge < -0.3 is 16.0 Å². The van der Waals surface area contributed by atoms with E-state index in [1.54, 1.807) is 6.07 Å². The predicted molar refractivity (Wildman–Crippen MR) is 151 cm³/mol. The molecule has 0 spiro atoms. The van der Waals surface area contributed by atoms with Crippen LogP contribution in [0.2, 0.25) is 15.1 Å². The minimum atomic E-state index is -6.36. The molecular weight excluding hydrogens is 713 g/mol. The Kier molecular flexibility index (Phi) is 9.32. The Morgan fingerprint density at radius 1 is 0.773 bits per heavy atom. The number of hydrogen-bond acceptors (Lipinski definition) is 3. The lowest BCUT2D eigenvalue weighted by Gasteiger charge is -2.19. The molecule has 4 rings (SSSR count). The SMILES string of the molecule is O=C(Nc1ccc(F)c(NC(=O)C(F)(F)C(F)(F)F)c1F)c1cc(NC(=O)C2[C@H](c3ccc(Cl)c(Cl)c3)C2(Cl)Cl)ccc1Cl. The van der Waals surface area contributed by atoms with Gasteiger partial charge in [0, 0.05) is 11.6 Å². The summed E-state index contributed by atoms with van der Waals surface area (Å²) in [7, 11) is 0. The van der Waals surface area contributed by atoms with E-state index in [1.807, 2.05) is 5.32 Å². The molecular formula is C26H13Cl5F7N3O3. The van der Waals surface area contributed by atoms with Crippen molar-refractivity contribution < 1.29 is 45.1 Å². The number of anilines is 3. The van der Waals surface area contributed by atoms with Gasteiger partial charge in [0.25, 0.3) is 5.91 Å². The summed E-state index contributed by atoms with van der Waals surface area (Å²) >= 11 is 30.7. The highest BCUT2D eigenvalue weighted by Gasteiger charge is 2.67. The van der Waals surface area contributed by atoms with Crippen LogP contribution >= 0.6 is 58.0 Å². The molecule has 44 heavy (non-hydrogen) atoms. The number of benzene rings is 3. The number of halogens is 12. The lowest BCUT2D eigenvalue weighted by molar-refractivity contribution is -0.267. The number of rotatable bonds is 7. The van der Waals surface area contributed by atoms with E-state index in [2.05, 4.69) is 5.32 Å². The van der Waals surface area contributed by atoms with Gasteiger partial charge in [0.1, 0.15) is 15.8 Å². The molecule has 1 fully saturated rings. The third-order valence-electron chi connectivity index (χ3n) is 6.34. The summed E-state index contributed by atoms with van der Waals surface area (Å²) in [5.74, 6) is -16.1. The summed E-state index contributed by atoms with van der Waals surface area (Å²) in [6.45, 7) is 0. The van der Waals surface area contributed by atoms with Crippen molar-refractivity contribution in [1.82, 2.24) is 0 Å². The quantitative estimate of drug-likeness (QED) is 0.168. The number of amides is 3. The maximum atomic E-state index is 14.9. The van der Waals surface area contributed by atoms with Crippen molar-refractivity contribution in [2.45, 2.75) is 22.4 Å². The molecule has 3 N–H and O–H groups in total. The second-order valence-electron chi connectivity index (χ2n) is 9.25. The Balaban J connectivity index is 1.52. The van der Waals surface area contributed by atoms with Crippen molar-refractivity contribution in [3.63, 3.8) is 0 Å². The van der Waals surface area contributed by atoms with Crippen LogP contribution in [0, 0.1) is 17.6 Å². The molecule has 1 saturated carbocycles. The van der Waals surface area contributed by atoms with Gasteiger partial charge in [-0.25, -0.2) is 8.78 Å². The summed E-state index contributed by atoms with van der Waals surface area (Å²) in [5.41, 5.74) is -2.48. The fourth-order valence-electron chi connectivity index (χ4n) is 4.04. The number of carbonyl (C=O) groups is 3. The van der Waals surface area contributed by atoms with Crippen LogP contribution in [-0.2, 0) is 9.59 Å². The lowest BCUT2D eigenvalue weighted by atomic mass is 10.1. The van der Waals surface area contributed by atoms with Gasteiger partial charge in [0.05, 0.1) is 32.2 Å². The number of hydrogen-bond donors (Lipinski definition) is 3. The van der Waals surface area contributed by atoms with Gasteiger partial charge >= 0.3 is 18.0 Å². The van der Waals surface area contributed by atoms with Crippen molar-refractivity contribution in [3.05, 3.63) is 86.4 Å². The average Bonchev–Trinajstić information content (AvgIpc) is 3.51. The summed E-state index contributed by atoms with van der Waals surface area (Å²) in [5, 5.41) is 5.54. The van der Waals surface area contributed by atoms with Crippen LogP contribution in [0.3, 0.4) is 0 Å². The van der Waals surface area contributed by atoms with E-state index in [1.165, 1.54) is 24.3 Å². The van der Waals surface area contributed by atoms with Gasteiger partial charge in [-0.2, -0.15) is 22.0 Å². The van der Waals surface area contributed by atoms with Crippen molar-refractivity contribution in [3.8, 4) is 0 Å². The van der Waals surface area contributed by atoms with E-state index < -0.39 is 69.0 Å². The van der Waals surface area contributed by atoms with Gasteiger partial charge in [-0.1, -0.05) is 40.9 Å². The number of alkyl halides is 7. The molecule has 2 atom stereocenters. The Morgan fingerprint density at radius 3 is 2.02 bits per heavy atom. The molecule has 6 nitrogen and oxygen atoms in total. The van der Waals surface area contributed by atoms with Gasteiger partial charge in [-0.05, 0) is 48.0 Å². The highest BCUT2D eigenvalue weighted by molar-refractivity contribution is 6.53. The predicted octanol–water partition coefficient (Wildman–Crippen LogP) is 8.84. The largest absolute Gasteiger partial charge is 0.463 e. The van der Waals surface area contributed by atoms with Gasteiger partial charge in [-0.3, -0.25) is 14.4 Å². The highest BCUT2D eigenvalue weighted by atomic mass is 35.5. The van der Waals surface area contributed by atoms with Gasteiger partial charge in [-0.15, -0.1) is 23.2 Å². The maximum Gasteiger partial charge on any atom is 0.463 e. The molecule has 1 aliphatic carbocycles. The zero-order chi connectivity index (χ0) is 32.9. The summed E-state index contributed by atoms with van der Waals surface area (Å²) < 4.78 is 91.4. The molecule has 0 aromatic heterocycles. The van der Waals surface area contributed by atoms with Crippen LogP contribution in [0.1, 0.15) is 21.8 Å². The molecule has 0 bridgehead atoms. The first-order valence-electron chi connectivity index (χ1n) is 11.8. The van der Waals surface area contributed by atoms with Crippen LogP contribution in [0.15, 0.2) is 48.5 Å². The van der Waals surface area contributed by atoms with Crippen LogP contribution in [-0.4, -0.2) is 34.2 Å². The van der Waals surface area contributed by atoms with Crippen molar-refractivity contribution >= 4 is 92.8 Å². The first-order valence-corrected chi connectivity index (χ1v) is 13.6. The zero-order valence-electron chi connectivity index (χ0n) is 21.0. The van der Waals surface area contributed by atoms with Crippen LogP contribution in [0.25, 0.3) is 0 Å². The van der Waals surface area contributed by atoms with E-state index in [0.29, 0.717) is 17.7 Å². The molecule has 0 radical (unpaired) electrons. The molecule has 18 heteroatoms. The summed E-state index contributed by atoms with van der Waals surface area (Å²) in [6.07, 6.45) is -6.36. The molecule has 3 aromatic carbocycles. The zero-order valence-corrected chi connectivity index (χ0v) is 24.8. The molecule has 1 aliphatic rings. The van der Waals surface area contributed by atoms with E-state index in [0.717, 1.165) is 11.4 Å². The highest BCUT2D eigenvalue weighted by Crippen LogP contribution is 2.65. The molecule has 234 valence electrons. The molecule has 3 aromatic rings. The Bertz CT molecular complexity index is 1690. The fourth-order valence-corrected chi connectivity index (χ4v) is 5.38. The average molecular weight is 726 g/mol. The monoisotopic (exact) mass is 723 g/mol. The fraction of sp³-hybridized carbons (Fsp3) is 0.192. The Morgan fingerprint density at radius 2 is 1.41 bits per heavy atom.